The molecule has 0 saturated carbocycles. The number of nitrogens with one attached hydrogen (secondary N) is 1. The van der Waals surface area contributed by atoms with Gasteiger partial charge in [-0.1, -0.05) is 42.0 Å². The Labute approximate surface area is 143 Å². The molecule has 24 heavy (non-hydrogen) atoms. The maximum atomic E-state index is 12.6. The van der Waals surface area contributed by atoms with E-state index in [-0.39, 0.29) is 18.0 Å². The maximum absolute atomic E-state index is 12.6. The molecule has 1 N–H and O–H groups in total. The average molecular weight is 327 g/mol. The molecule has 5 heteroatoms. The lowest BCUT2D eigenvalue weighted by Crippen LogP contribution is -2.46. The van der Waals surface area contributed by atoms with E-state index in [9.17, 15) is 9.59 Å². The molecule has 5 nitrogen and oxygen atoms in total. The Morgan fingerprint density at radius 1 is 1.21 bits per heavy atom. The molecule has 0 radical (unpaired) electrons. The van der Waals surface area contributed by atoms with Gasteiger partial charge in [0.1, 0.15) is 0 Å². The van der Waals surface area contributed by atoms with Crippen molar-refractivity contribution in [3.05, 3.63) is 47.5 Å². The number of urea groups is 1. The molecule has 0 aliphatic carbocycles. The zero-order chi connectivity index (χ0) is 16.9. The fourth-order valence-corrected chi connectivity index (χ4v) is 3.23. The fraction of sp³-hybridized carbons (Fsp3) is 0.474. The number of carbonyl (C=O) groups excluding carboxylic acids is 2. The van der Waals surface area contributed by atoms with Crippen LogP contribution >= 0.6 is 0 Å². The Balaban J connectivity index is 1.70. The van der Waals surface area contributed by atoms with Gasteiger partial charge in [0.2, 0.25) is 5.91 Å². The lowest BCUT2D eigenvalue weighted by molar-refractivity contribution is -0.128. The predicted octanol–water partition coefficient (Wildman–Crippen LogP) is 2.71. The van der Waals surface area contributed by atoms with E-state index in [1.54, 1.807) is 0 Å². The van der Waals surface area contributed by atoms with E-state index < -0.39 is 0 Å². The molecule has 128 valence electrons. The summed E-state index contributed by atoms with van der Waals surface area (Å²) in [4.78, 5) is 28.3. The quantitative estimate of drug-likeness (QED) is 0.865. The van der Waals surface area contributed by atoms with Gasteiger partial charge in [0.05, 0.1) is 6.04 Å². The van der Waals surface area contributed by atoms with E-state index in [1.165, 1.54) is 5.57 Å². The molecule has 0 unspecified atom stereocenters. The standard InChI is InChI=1S/C19H25N3O2/c1-15-9-12-21(13-10-15)19(24)20-17(16-6-3-2-4-7-16)14-22-11-5-8-18(22)23/h2-4,6-7,9,17H,5,8,10-14H2,1H3,(H,20,24)/t17-/m0/s1. The van der Waals surface area contributed by atoms with Crippen molar-refractivity contribution in [1.29, 1.82) is 0 Å². The van der Waals surface area contributed by atoms with Crippen LogP contribution in [0.3, 0.4) is 0 Å². The van der Waals surface area contributed by atoms with Gasteiger partial charge < -0.3 is 15.1 Å². The molecular formula is C19H25N3O2. The lowest BCUT2D eigenvalue weighted by atomic mass is 10.1. The number of likely N-dealkylation sites (tertiary alicyclic amines) is 1. The highest BCUT2D eigenvalue weighted by atomic mass is 16.2. The normalized spacial score (nSPS) is 19.2. The van der Waals surface area contributed by atoms with Crippen LogP contribution in [-0.2, 0) is 4.79 Å². The van der Waals surface area contributed by atoms with Gasteiger partial charge >= 0.3 is 6.03 Å². The van der Waals surface area contributed by atoms with Gasteiger partial charge in [-0.3, -0.25) is 4.79 Å². The van der Waals surface area contributed by atoms with Crippen LogP contribution in [0.2, 0.25) is 0 Å². The molecule has 0 spiro atoms. The number of rotatable bonds is 4. The number of nitrogens with zero attached hydrogens (tertiary/aromatic N) is 2. The highest BCUT2D eigenvalue weighted by Crippen LogP contribution is 2.19. The van der Waals surface area contributed by atoms with Crippen LogP contribution in [0.15, 0.2) is 42.0 Å². The van der Waals surface area contributed by atoms with Gasteiger partial charge in [-0.25, -0.2) is 4.79 Å². The van der Waals surface area contributed by atoms with Crippen molar-refractivity contribution >= 4 is 11.9 Å². The molecule has 1 fully saturated rings. The van der Waals surface area contributed by atoms with Crippen LogP contribution in [0, 0.1) is 0 Å². The molecule has 2 aliphatic rings. The highest BCUT2D eigenvalue weighted by Gasteiger charge is 2.26. The first kappa shape index (κ1) is 16.6. The van der Waals surface area contributed by atoms with Crippen molar-refractivity contribution in [3.63, 3.8) is 0 Å². The van der Waals surface area contributed by atoms with Gasteiger partial charge in [0.15, 0.2) is 0 Å². The summed E-state index contributed by atoms with van der Waals surface area (Å²) in [7, 11) is 0. The van der Waals surface area contributed by atoms with Gasteiger partial charge in [0.25, 0.3) is 0 Å². The smallest absolute Gasteiger partial charge is 0.318 e. The summed E-state index contributed by atoms with van der Waals surface area (Å²) >= 11 is 0. The van der Waals surface area contributed by atoms with Crippen LogP contribution in [0.5, 0.6) is 0 Å². The molecule has 2 aliphatic heterocycles. The van der Waals surface area contributed by atoms with Crippen LogP contribution in [-0.4, -0.2) is 47.9 Å². The molecule has 0 bridgehead atoms. The molecule has 0 aromatic heterocycles. The third kappa shape index (κ3) is 3.96. The van der Waals surface area contributed by atoms with Crippen molar-refractivity contribution in [2.45, 2.75) is 32.2 Å². The van der Waals surface area contributed by atoms with E-state index in [4.69, 9.17) is 0 Å². The van der Waals surface area contributed by atoms with E-state index in [1.807, 2.05) is 40.1 Å². The minimum absolute atomic E-state index is 0.0563. The first-order chi connectivity index (χ1) is 11.6. The summed E-state index contributed by atoms with van der Waals surface area (Å²) < 4.78 is 0. The number of amides is 3. The first-order valence-electron chi connectivity index (χ1n) is 8.67. The Kier molecular flexibility index (Phi) is 5.18. The molecule has 2 heterocycles. The molecule has 1 aromatic carbocycles. The molecule has 3 rings (SSSR count). The number of carbonyl (C=O) groups is 2. The van der Waals surface area contributed by atoms with Crippen molar-refractivity contribution in [1.82, 2.24) is 15.1 Å². The molecule has 1 atom stereocenters. The third-order valence-electron chi connectivity index (χ3n) is 4.80. The largest absolute Gasteiger partial charge is 0.340 e. The Hall–Kier alpha value is -2.30. The summed E-state index contributed by atoms with van der Waals surface area (Å²) in [6.07, 6.45) is 4.55. The SMILES string of the molecule is CC1=CCN(C(=O)N[C@@H](CN2CCCC2=O)c2ccccc2)CC1. The summed E-state index contributed by atoms with van der Waals surface area (Å²) in [5.41, 5.74) is 2.37. The van der Waals surface area contributed by atoms with Gasteiger partial charge in [0, 0.05) is 32.6 Å². The number of hydrogen-bond acceptors (Lipinski definition) is 2. The lowest BCUT2D eigenvalue weighted by Gasteiger charge is -2.30. The van der Waals surface area contributed by atoms with E-state index in [0.29, 0.717) is 19.5 Å². The van der Waals surface area contributed by atoms with E-state index in [0.717, 1.165) is 31.5 Å². The maximum Gasteiger partial charge on any atom is 0.318 e. The van der Waals surface area contributed by atoms with Crippen LogP contribution < -0.4 is 5.32 Å². The average Bonchev–Trinajstić information content (AvgIpc) is 3.00. The minimum atomic E-state index is -0.173. The summed E-state index contributed by atoms with van der Waals surface area (Å²) in [6.45, 7) is 4.82. The Morgan fingerprint density at radius 3 is 2.62 bits per heavy atom. The van der Waals surface area contributed by atoms with Gasteiger partial charge in [-0.2, -0.15) is 0 Å². The van der Waals surface area contributed by atoms with Crippen molar-refractivity contribution in [3.8, 4) is 0 Å². The second-order valence-electron chi connectivity index (χ2n) is 6.60. The molecular weight excluding hydrogens is 302 g/mol. The summed E-state index contributed by atoms with van der Waals surface area (Å²) in [6, 6.07) is 9.67. The summed E-state index contributed by atoms with van der Waals surface area (Å²) in [5.74, 6) is 0.182. The van der Waals surface area contributed by atoms with Crippen molar-refractivity contribution in [2.75, 3.05) is 26.2 Å². The first-order valence-corrected chi connectivity index (χ1v) is 8.67. The second-order valence-corrected chi connectivity index (χ2v) is 6.60. The molecule has 1 aromatic rings. The summed E-state index contributed by atoms with van der Waals surface area (Å²) in [5, 5.41) is 3.13. The zero-order valence-corrected chi connectivity index (χ0v) is 14.2. The van der Waals surface area contributed by atoms with Crippen molar-refractivity contribution < 1.29 is 9.59 Å². The topological polar surface area (TPSA) is 52.7 Å². The third-order valence-corrected chi connectivity index (χ3v) is 4.80. The van der Waals surface area contributed by atoms with Gasteiger partial charge in [-0.15, -0.1) is 0 Å². The van der Waals surface area contributed by atoms with Crippen LogP contribution in [0.4, 0.5) is 4.79 Å². The number of benzene rings is 1. The highest BCUT2D eigenvalue weighted by molar-refractivity contribution is 5.78. The predicted molar refractivity (Wildman–Crippen MR) is 93.5 cm³/mol. The van der Waals surface area contributed by atoms with E-state index in [2.05, 4.69) is 18.3 Å². The zero-order valence-electron chi connectivity index (χ0n) is 14.2. The minimum Gasteiger partial charge on any atom is -0.340 e. The monoisotopic (exact) mass is 327 g/mol. The Morgan fingerprint density at radius 2 is 2.00 bits per heavy atom. The molecule has 3 amide bonds. The van der Waals surface area contributed by atoms with E-state index >= 15 is 0 Å². The molecule has 1 saturated heterocycles. The number of hydrogen-bond donors (Lipinski definition) is 1. The van der Waals surface area contributed by atoms with Gasteiger partial charge in [-0.05, 0) is 25.3 Å². The second kappa shape index (κ2) is 7.51. The Bertz CT molecular complexity index is 627. The van der Waals surface area contributed by atoms with Crippen LogP contribution in [0.1, 0.15) is 37.8 Å². The fourth-order valence-electron chi connectivity index (χ4n) is 3.23. The van der Waals surface area contributed by atoms with Crippen LogP contribution in [0.25, 0.3) is 0 Å². The van der Waals surface area contributed by atoms with Crippen molar-refractivity contribution in [2.24, 2.45) is 0 Å².